The molecule has 1 aromatic rings. The lowest BCUT2D eigenvalue weighted by molar-refractivity contribution is 0.205. The van der Waals surface area contributed by atoms with Crippen LogP contribution in [0.25, 0.3) is 0 Å². The van der Waals surface area contributed by atoms with Gasteiger partial charge in [0.2, 0.25) is 5.82 Å². The van der Waals surface area contributed by atoms with Crippen LogP contribution < -0.4 is 17.0 Å². The highest BCUT2D eigenvalue weighted by atomic mass is 19.1. The summed E-state index contributed by atoms with van der Waals surface area (Å²) >= 11 is 0. The lowest BCUT2D eigenvalue weighted by atomic mass is 10.6. The summed E-state index contributed by atoms with van der Waals surface area (Å²) in [6.07, 6.45) is -0.624. The molecule has 1 aromatic heterocycles. The van der Waals surface area contributed by atoms with E-state index in [-0.39, 0.29) is 0 Å². The fraction of sp³-hybridized carbons (Fsp3) is 0. The minimum absolute atomic E-state index is 0.707. The molecule has 0 aliphatic rings. The average Bonchev–Trinajstić information content (AvgIpc) is 1.96. The van der Waals surface area contributed by atoms with Crippen LogP contribution in [0.5, 0.6) is 0 Å². The van der Waals surface area contributed by atoms with Gasteiger partial charge in [0.15, 0.2) is 0 Å². The van der Waals surface area contributed by atoms with Crippen molar-refractivity contribution in [2.75, 3.05) is 0 Å². The number of rotatable bonds is 0. The third-order valence-corrected chi connectivity index (χ3v) is 0.774. The molecule has 0 saturated carbocycles. The number of hydrogen-bond donors (Lipinski definition) is 4. The van der Waals surface area contributed by atoms with Crippen LogP contribution >= 0.6 is 0 Å². The number of hydrogen-bond acceptors (Lipinski definition) is 3. The van der Waals surface area contributed by atoms with Gasteiger partial charge in [-0.3, -0.25) is 9.78 Å². The maximum absolute atomic E-state index is 12.0. The molecule has 1 rings (SSSR count). The van der Waals surface area contributed by atoms with E-state index in [1.54, 1.807) is 4.98 Å². The van der Waals surface area contributed by atoms with Gasteiger partial charge in [0.05, 0.1) is 0 Å². The summed E-state index contributed by atoms with van der Waals surface area (Å²) in [5, 5.41) is 7.19. The van der Waals surface area contributed by atoms with E-state index in [0.29, 0.717) is 6.20 Å². The standard InChI is InChI=1S/C4H3FN2O2.CH3NO2/c5-2-1-6-4(9)7-3(2)8;2-1(3)4/h1H,(H2,6,7,8,9);2H2,(H,3,4). The lowest BCUT2D eigenvalue weighted by Crippen LogP contribution is -2.23. The van der Waals surface area contributed by atoms with E-state index in [2.05, 4.69) is 5.73 Å². The molecule has 5 N–H and O–H groups in total. The first-order chi connectivity index (χ1) is 5.93. The van der Waals surface area contributed by atoms with Crippen LogP contribution in [0.1, 0.15) is 0 Å². The molecular weight excluding hydrogens is 185 g/mol. The van der Waals surface area contributed by atoms with Gasteiger partial charge >= 0.3 is 11.8 Å². The zero-order valence-electron chi connectivity index (χ0n) is 6.20. The van der Waals surface area contributed by atoms with Gasteiger partial charge in [-0.25, -0.2) is 9.59 Å². The van der Waals surface area contributed by atoms with Crippen LogP contribution in [0.4, 0.5) is 9.18 Å². The van der Waals surface area contributed by atoms with Crippen LogP contribution in [0, 0.1) is 5.82 Å². The van der Waals surface area contributed by atoms with E-state index in [1.165, 1.54) is 0 Å². The molecule has 7 nitrogen and oxygen atoms in total. The molecule has 0 aliphatic carbocycles. The first-order valence-corrected chi connectivity index (χ1v) is 2.89. The summed E-state index contributed by atoms with van der Waals surface area (Å²) in [5.74, 6) is -0.991. The smallest absolute Gasteiger partial charge is 0.402 e. The van der Waals surface area contributed by atoms with Crippen LogP contribution in [0.3, 0.4) is 0 Å². The molecule has 8 heteroatoms. The Labute approximate surface area is 70.0 Å². The Morgan fingerprint density at radius 3 is 2.31 bits per heavy atom. The maximum atomic E-state index is 12.0. The molecule has 0 spiro atoms. The van der Waals surface area contributed by atoms with Crippen LogP contribution in [-0.2, 0) is 0 Å². The molecule has 0 aliphatic heterocycles. The van der Waals surface area contributed by atoms with E-state index in [0.717, 1.165) is 0 Å². The first kappa shape index (κ1) is 10.9. The maximum Gasteiger partial charge on any atom is 0.402 e. The average molecular weight is 191 g/mol. The van der Waals surface area contributed by atoms with Crippen LogP contribution in [-0.4, -0.2) is 21.2 Å². The molecule has 0 atom stereocenters. The van der Waals surface area contributed by atoms with Crippen molar-refractivity contribution >= 4 is 6.09 Å². The van der Waals surface area contributed by atoms with Crippen molar-refractivity contribution < 1.29 is 14.3 Å². The number of H-pyrrole nitrogens is 2. The number of halogens is 1. The summed E-state index contributed by atoms with van der Waals surface area (Å²) in [7, 11) is 0. The summed E-state index contributed by atoms with van der Waals surface area (Å²) in [6.45, 7) is 0. The minimum Gasteiger partial charge on any atom is -0.465 e. The predicted octanol–water partition coefficient (Wildman–Crippen LogP) is -1.17. The Balaban J connectivity index is 0.000000310. The highest BCUT2D eigenvalue weighted by Crippen LogP contribution is 1.74. The number of aromatic amines is 2. The third kappa shape index (κ3) is 5.18. The second-order valence-corrected chi connectivity index (χ2v) is 1.76. The Morgan fingerprint density at radius 1 is 1.54 bits per heavy atom. The number of carboxylic acid groups (broad SMARTS) is 1. The zero-order valence-corrected chi connectivity index (χ0v) is 6.20. The van der Waals surface area contributed by atoms with E-state index >= 15 is 0 Å². The van der Waals surface area contributed by atoms with Gasteiger partial charge in [-0.1, -0.05) is 0 Å². The lowest BCUT2D eigenvalue weighted by Gasteiger charge is -1.81. The fourth-order valence-corrected chi connectivity index (χ4v) is 0.393. The van der Waals surface area contributed by atoms with Crippen molar-refractivity contribution in [3.63, 3.8) is 0 Å². The summed E-state index contributed by atoms with van der Waals surface area (Å²) in [6, 6.07) is 0. The van der Waals surface area contributed by atoms with Crippen molar-refractivity contribution in [1.82, 2.24) is 9.97 Å². The van der Waals surface area contributed by atoms with Gasteiger partial charge in [-0.15, -0.1) is 0 Å². The number of primary amides is 1. The molecule has 0 saturated heterocycles. The van der Waals surface area contributed by atoms with E-state index in [9.17, 15) is 14.0 Å². The van der Waals surface area contributed by atoms with Gasteiger partial charge < -0.3 is 15.8 Å². The second kappa shape index (κ2) is 4.70. The molecule has 72 valence electrons. The van der Waals surface area contributed by atoms with Gasteiger partial charge in [-0.05, 0) is 0 Å². The number of nitrogens with two attached hydrogens (primary N) is 1. The largest absolute Gasteiger partial charge is 0.465 e. The Bertz CT molecular complexity index is 391. The SMILES string of the molecule is NC(=O)O.O=c1[nH]cc(F)c(=O)[nH]1. The molecule has 0 aromatic carbocycles. The van der Waals surface area contributed by atoms with Crippen LogP contribution in [0.2, 0.25) is 0 Å². The number of nitrogens with one attached hydrogen (secondary N) is 2. The van der Waals surface area contributed by atoms with Crippen molar-refractivity contribution in [3.8, 4) is 0 Å². The normalized spacial score (nSPS) is 8.38. The van der Waals surface area contributed by atoms with Crippen molar-refractivity contribution in [1.29, 1.82) is 0 Å². The number of carbonyl (C=O) groups is 1. The number of amides is 1. The van der Waals surface area contributed by atoms with E-state index in [4.69, 9.17) is 9.90 Å². The molecule has 0 fully saturated rings. The van der Waals surface area contributed by atoms with Gasteiger partial charge in [0.1, 0.15) is 0 Å². The molecule has 0 radical (unpaired) electrons. The van der Waals surface area contributed by atoms with Gasteiger partial charge in [-0.2, -0.15) is 4.39 Å². The summed E-state index contributed by atoms with van der Waals surface area (Å²) in [4.78, 5) is 32.8. The monoisotopic (exact) mass is 191 g/mol. The van der Waals surface area contributed by atoms with Crippen molar-refractivity contribution in [3.05, 3.63) is 32.9 Å². The third-order valence-electron chi connectivity index (χ3n) is 0.774. The van der Waals surface area contributed by atoms with Gasteiger partial charge in [0.25, 0.3) is 5.56 Å². The minimum atomic E-state index is -1.33. The predicted molar refractivity (Wildman–Crippen MR) is 39.9 cm³/mol. The molecule has 13 heavy (non-hydrogen) atoms. The highest BCUT2D eigenvalue weighted by Gasteiger charge is 1.93. The first-order valence-electron chi connectivity index (χ1n) is 2.89. The second-order valence-electron chi connectivity index (χ2n) is 1.76. The topological polar surface area (TPSA) is 129 Å². The molecule has 0 unspecified atom stereocenters. The summed E-state index contributed by atoms with van der Waals surface area (Å²) < 4.78 is 12.0. The molecule has 0 bridgehead atoms. The fourth-order valence-electron chi connectivity index (χ4n) is 0.393. The Kier molecular flexibility index (Phi) is 3.93. The Morgan fingerprint density at radius 2 is 2.00 bits per heavy atom. The van der Waals surface area contributed by atoms with Crippen molar-refractivity contribution in [2.24, 2.45) is 5.73 Å². The van der Waals surface area contributed by atoms with Crippen LogP contribution in [0.15, 0.2) is 15.8 Å². The quantitative estimate of drug-likeness (QED) is 0.411. The zero-order chi connectivity index (χ0) is 10.4. The van der Waals surface area contributed by atoms with Gasteiger partial charge in [0, 0.05) is 6.20 Å². The number of aromatic nitrogens is 2. The van der Waals surface area contributed by atoms with E-state index in [1.807, 2.05) is 4.98 Å². The Hall–Kier alpha value is -2.12. The summed E-state index contributed by atoms with van der Waals surface area (Å²) in [5.41, 5.74) is 2.32. The molecule has 1 heterocycles. The molecule has 1 amide bonds. The molecular formula is C5H6FN3O4. The van der Waals surface area contributed by atoms with E-state index < -0.39 is 23.2 Å². The van der Waals surface area contributed by atoms with Crippen molar-refractivity contribution in [2.45, 2.75) is 0 Å². The highest BCUT2D eigenvalue weighted by molar-refractivity contribution is 5.61.